The van der Waals surface area contributed by atoms with Crippen LogP contribution in [-0.2, 0) is 19.1 Å². The quantitative estimate of drug-likeness (QED) is 0.666. The van der Waals surface area contributed by atoms with Crippen LogP contribution in [0.3, 0.4) is 0 Å². The molecule has 1 aliphatic heterocycles. The molecular formula is C14H19N3O4S. The molecule has 120 valence electrons. The van der Waals surface area contributed by atoms with Gasteiger partial charge in [-0.3, -0.25) is 19.7 Å². The summed E-state index contributed by atoms with van der Waals surface area (Å²) >= 11 is 1.27. The number of nitrogens with one attached hydrogen (secondary N) is 1. The van der Waals surface area contributed by atoms with E-state index in [1.165, 1.54) is 16.2 Å². The van der Waals surface area contributed by atoms with Crippen molar-refractivity contribution in [2.45, 2.75) is 26.7 Å². The van der Waals surface area contributed by atoms with Crippen LogP contribution in [0, 0.1) is 12.8 Å². The smallest absolute Gasteiger partial charge is 0.315 e. The van der Waals surface area contributed by atoms with E-state index in [0.29, 0.717) is 31.1 Å². The molecule has 1 N–H and O–H groups in total. The Labute approximate surface area is 132 Å². The number of amides is 2. The highest BCUT2D eigenvalue weighted by Gasteiger charge is 2.32. The normalized spacial score (nSPS) is 17.9. The topological polar surface area (TPSA) is 88.6 Å². The number of esters is 1. The minimum absolute atomic E-state index is 0.224. The van der Waals surface area contributed by atoms with Crippen LogP contribution in [0.25, 0.3) is 0 Å². The molecule has 8 heteroatoms. The predicted molar refractivity (Wildman–Crippen MR) is 81.4 cm³/mol. The van der Waals surface area contributed by atoms with Gasteiger partial charge in [0.1, 0.15) is 0 Å². The zero-order valence-electron chi connectivity index (χ0n) is 12.6. The van der Waals surface area contributed by atoms with Crippen LogP contribution in [0.15, 0.2) is 5.38 Å². The zero-order chi connectivity index (χ0) is 16.1. The molecule has 1 saturated heterocycles. The number of rotatable bonds is 3. The van der Waals surface area contributed by atoms with Gasteiger partial charge in [0.05, 0.1) is 18.2 Å². The average Bonchev–Trinajstić information content (AvgIpc) is 2.92. The number of likely N-dealkylation sites (tertiary alicyclic amines) is 1. The monoisotopic (exact) mass is 325 g/mol. The third-order valence-corrected chi connectivity index (χ3v) is 4.24. The number of piperidine rings is 1. The summed E-state index contributed by atoms with van der Waals surface area (Å²) in [5, 5.41) is 4.68. The second-order valence-corrected chi connectivity index (χ2v) is 5.95. The second kappa shape index (κ2) is 7.35. The maximum absolute atomic E-state index is 12.2. The Morgan fingerprint density at radius 3 is 2.91 bits per heavy atom. The molecule has 1 aromatic heterocycles. The third kappa shape index (κ3) is 4.03. The summed E-state index contributed by atoms with van der Waals surface area (Å²) in [6, 6.07) is 0. The lowest BCUT2D eigenvalue weighted by molar-refractivity contribution is -0.153. The molecular weight excluding hydrogens is 306 g/mol. The summed E-state index contributed by atoms with van der Waals surface area (Å²) in [6.45, 7) is 4.56. The maximum Gasteiger partial charge on any atom is 0.315 e. The van der Waals surface area contributed by atoms with Crippen molar-refractivity contribution in [2.24, 2.45) is 5.92 Å². The standard InChI is InChI=1S/C14H19N3O4S/c1-3-21-13(20)10-5-4-6-17(7-10)12(19)11(18)16-14-15-9(2)8-22-14/h8,10H,3-7H2,1-2H3,(H,15,16,18). The van der Waals surface area contributed by atoms with Crippen LogP contribution in [0.5, 0.6) is 0 Å². The first-order chi connectivity index (χ1) is 10.5. The average molecular weight is 325 g/mol. The lowest BCUT2D eigenvalue weighted by Gasteiger charge is -2.30. The van der Waals surface area contributed by atoms with Crippen LogP contribution in [0.1, 0.15) is 25.5 Å². The van der Waals surface area contributed by atoms with Gasteiger partial charge in [0.15, 0.2) is 5.13 Å². The summed E-state index contributed by atoms with van der Waals surface area (Å²) in [4.78, 5) is 41.4. The van der Waals surface area contributed by atoms with E-state index in [-0.39, 0.29) is 18.4 Å². The first-order valence-corrected chi connectivity index (χ1v) is 8.08. The lowest BCUT2D eigenvalue weighted by Crippen LogP contribution is -2.47. The predicted octanol–water partition coefficient (Wildman–Crippen LogP) is 1.19. The van der Waals surface area contributed by atoms with Crippen molar-refractivity contribution < 1.29 is 19.1 Å². The van der Waals surface area contributed by atoms with E-state index in [4.69, 9.17) is 4.74 Å². The van der Waals surface area contributed by atoms with Crippen LogP contribution in [-0.4, -0.2) is 47.4 Å². The molecule has 7 nitrogen and oxygen atoms in total. The van der Waals surface area contributed by atoms with Gasteiger partial charge in [0, 0.05) is 18.5 Å². The summed E-state index contributed by atoms with van der Waals surface area (Å²) < 4.78 is 4.98. The molecule has 1 atom stereocenters. The van der Waals surface area contributed by atoms with Crippen molar-refractivity contribution in [2.75, 3.05) is 25.0 Å². The van der Waals surface area contributed by atoms with E-state index in [2.05, 4.69) is 10.3 Å². The van der Waals surface area contributed by atoms with Crippen molar-refractivity contribution in [1.82, 2.24) is 9.88 Å². The molecule has 1 aromatic rings. The van der Waals surface area contributed by atoms with E-state index in [1.807, 2.05) is 6.92 Å². The van der Waals surface area contributed by atoms with Gasteiger partial charge >= 0.3 is 17.8 Å². The molecule has 0 aliphatic carbocycles. The number of nitrogens with zero attached hydrogens (tertiary/aromatic N) is 2. The zero-order valence-corrected chi connectivity index (χ0v) is 13.4. The Balaban J connectivity index is 1.93. The van der Waals surface area contributed by atoms with E-state index < -0.39 is 11.8 Å². The number of ether oxygens (including phenoxy) is 1. The van der Waals surface area contributed by atoms with Gasteiger partial charge in [0.25, 0.3) is 0 Å². The third-order valence-electron chi connectivity index (χ3n) is 3.36. The minimum Gasteiger partial charge on any atom is -0.466 e. The fraction of sp³-hybridized carbons (Fsp3) is 0.571. The molecule has 2 heterocycles. The highest BCUT2D eigenvalue weighted by Crippen LogP contribution is 2.19. The fourth-order valence-corrected chi connectivity index (χ4v) is 3.00. The van der Waals surface area contributed by atoms with E-state index in [0.717, 1.165) is 5.69 Å². The molecule has 0 radical (unpaired) electrons. The molecule has 0 spiro atoms. The molecule has 0 bridgehead atoms. The number of anilines is 1. The van der Waals surface area contributed by atoms with Gasteiger partial charge in [-0.25, -0.2) is 4.98 Å². The SMILES string of the molecule is CCOC(=O)C1CCCN(C(=O)C(=O)Nc2nc(C)cs2)C1. The number of thiazole rings is 1. The summed E-state index contributed by atoms with van der Waals surface area (Å²) in [5.41, 5.74) is 0.785. The lowest BCUT2D eigenvalue weighted by atomic mass is 9.98. The number of carbonyl (C=O) groups excluding carboxylic acids is 3. The van der Waals surface area contributed by atoms with Crippen LogP contribution < -0.4 is 5.32 Å². The Kier molecular flexibility index (Phi) is 5.48. The van der Waals surface area contributed by atoms with Crippen molar-refractivity contribution in [3.8, 4) is 0 Å². The molecule has 1 aliphatic rings. The van der Waals surface area contributed by atoms with Gasteiger partial charge < -0.3 is 9.64 Å². The Morgan fingerprint density at radius 2 is 2.27 bits per heavy atom. The van der Waals surface area contributed by atoms with Crippen molar-refractivity contribution in [3.05, 3.63) is 11.1 Å². The first-order valence-electron chi connectivity index (χ1n) is 7.20. The Morgan fingerprint density at radius 1 is 1.50 bits per heavy atom. The highest BCUT2D eigenvalue weighted by atomic mass is 32.1. The summed E-state index contributed by atoms with van der Waals surface area (Å²) in [7, 11) is 0. The first kappa shape index (κ1) is 16.4. The molecule has 1 fully saturated rings. The van der Waals surface area contributed by atoms with Gasteiger partial charge in [-0.2, -0.15) is 0 Å². The Hall–Kier alpha value is -1.96. The maximum atomic E-state index is 12.2. The van der Waals surface area contributed by atoms with Crippen molar-refractivity contribution in [1.29, 1.82) is 0 Å². The van der Waals surface area contributed by atoms with Crippen molar-refractivity contribution >= 4 is 34.3 Å². The molecule has 0 saturated carbocycles. The number of hydrogen-bond donors (Lipinski definition) is 1. The largest absolute Gasteiger partial charge is 0.466 e. The summed E-state index contributed by atoms with van der Waals surface area (Å²) in [5.74, 6) is -2.02. The molecule has 1 unspecified atom stereocenters. The van der Waals surface area contributed by atoms with Gasteiger partial charge in [0.2, 0.25) is 0 Å². The van der Waals surface area contributed by atoms with E-state index in [1.54, 1.807) is 12.3 Å². The second-order valence-electron chi connectivity index (χ2n) is 5.09. The van der Waals surface area contributed by atoms with Crippen molar-refractivity contribution in [3.63, 3.8) is 0 Å². The molecule has 22 heavy (non-hydrogen) atoms. The Bertz CT molecular complexity index is 572. The molecule has 2 rings (SSSR count). The number of hydrogen-bond acceptors (Lipinski definition) is 6. The number of carbonyl (C=O) groups is 3. The minimum atomic E-state index is -0.723. The van der Waals surface area contributed by atoms with Crippen LogP contribution >= 0.6 is 11.3 Å². The molecule has 0 aromatic carbocycles. The fourth-order valence-electron chi connectivity index (χ4n) is 2.32. The van der Waals surface area contributed by atoms with Gasteiger partial charge in [-0.05, 0) is 26.7 Å². The summed E-state index contributed by atoms with van der Waals surface area (Å²) in [6.07, 6.45) is 1.36. The number of aromatic nitrogens is 1. The van der Waals surface area contributed by atoms with E-state index in [9.17, 15) is 14.4 Å². The number of aryl methyl sites for hydroxylation is 1. The van der Waals surface area contributed by atoms with Crippen LogP contribution in [0.4, 0.5) is 5.13 Å². The van der Waals surface area contributed by atoms with Gasteiger partial charge in [-0.15, -0.1) is 11.3 Å². The van der Waals surface area contributed by atoms with Gasteiger partial charge in [-0.1, -0.05) is 0 Å². The van der Waals surface area contributed by atoms with Crippen LogP contribution in [0.2, 0.25) is 0 Å². The molecule has 2 amide bonds. The van der Waals surface area contributed by atoms with E-state index >= 15 is 0 Å². The highest BCUT2D eigenvalue weighted by molar-refractivity contribution is 7.14.